The van der Waals surface area contributed by atoms with Gasteiger partial charge in [-0.3, -0.25) is 4.79 Å². The van der Waals surface area contributed by atoms with E-state index >= 15 is 0 Å². The van der Waals surface area contributed by atoms with Crippen LogP contribution in [0.15, 0.2) is 60.7 Å². The zero-order valence-electron chi connectivity index (χ0n) is 18.9. The summed E-state index contributed by atoms with van der Waals surface area (Å²) in [5.41, 5.74) is 4.84. The molecule has 1 unspecified atom stereocenters. The molecule has 0 saturated heterocycles. The summed E-state index contributed by atoms with van der Waals surface area (Å²) in [4.78, 5) is 10.8. The van der Waals surface area contributed by atoms with Crippen LogP contribution in [0.1, 0.15) is 54.9 Å². The number of hydrogen-bond donors (Lipinski definition) is 1. The van der Waals surface area contributed by atoms with Gasteiger partial charge in [0, 0.05) is 12.5 Å². The lowest BCUT2D eigenvalue weighted by Gasteiger charge is -2.27. The molecule has 5 rings (SSSR count). The molecule has 172 valence electrons. The van der Waals surface area contributed by atoms with E-state index in [0.717, 1.165) is 46.4 Å². The Morgan fingerprint density at radius 1 is 1.03 bits per heavy atom. The third-order valence-electron chi connectivity index (χ3n) is 5.78. The van der Waals surface area contributed by atoms with Crippen molar-refractivity contribution in [2.45, 2.75) is 51.0 Å². The van der Waals surface area contributed by atoms with Gasteiger partial charge in [-0.2, -0.15) is 0 Å². The number of ether oxygens (including phenoxy) is 2. The van der Waals surface area contributed by atoms with Gasteiger partial charge in [0.15, 0.2) is 0 Å². The summed E-state index contributed by atoms with van der Waals surface area (Å²) in [6, 6.07) is 18.6. The molecule has 3 aromatic rings. The minimum atomic E-state index is -0.803. The normalized spacial score (nSPS) is 16.0. The number of fused-ring (bicyclic) bond motifs is 1. The first kappa shape index (κ1) is 22.8. The molecule has 1 N–H and O–H groups in total. The Hall–Kier alpha value is -3.34. The highest BCUT2D eigenvalue weighted by atomic mass is 19.1. The summed E-state index contributed by atoms with van der Waals surface area (Å²) < 4.78 is 25.2. The molecular weight excluding hydrogens is 419 g/mol. The van der Waals surface area contributed by atoms with Gasteiger partial charge in [-0.25, -0.2) is 4.39 Å². The molecule has 33 heavy (non-hydrogen) atoms. The highest BCUT2D eigenvalue weighted by Crippen LogP contribution is 2.36. The van der Waals surface area contributed by atoms with Crippen molar-refractivity contribution in [1.82, 2.24) is 0 Å². The van der Waals surface area contributed by atoms with E-state index < -0.39 is 5.97 Å². The number of carboxylic acid groups (broad SMARTS) is 1. The van der Waals surface area contributed by atoms with Crippen molar-refractivity contribution in [3.8, 4) is 22.6 Å². The summed E-state index contributed by atoms with van der Waals surface area (Å²) in [7, 11) is 1.52. The molecule has 1 aliphatic heterocycles. The minimum Gasteiger partial charge on any atom is -0.497 e. The number of benzene rings is 3. The number of rotatable bonds is 6. The second-order valence-electron chi connectivity index (χ2n) is 8.54. The van der Waals surface area contributed by atoms with Crippen LogP contribution in [-0.4, -0.2) is 18.2 Å². The van der Waals surface area contributed by atoms with E-state index in [-0.39, 0.29) is 18.3 Å². The molecule has 2 aliphatic rings. The van der Waals surface area contributed by atoms with E-state index in [4.69, 9.17) is 14.6 Å². The minimum absolute atomic E-state index is 0.0664. The molecule has 0 bridgehead atoms. The maximum Gasteiger partial charge on any atom is 0.303 e. The Morgan fingerprint density at radius 2 is 1.79 bits per heavy atom. The van der Waals surface area contributed by atoms with Crippen LogP contribution in [0.25, 0.3) is 11.1 Å². The summed E-state index contributed by atoms with van der Waals surface area (Å²) in [6.45, 7) is 0. The molecule has 5 heteroatoms. The monoisotopic (exact) mass is 448 g/mol. The predicted octanol–water partition coefficient (Wildman–Crippen LogP) is 6.76. The van der Waals surface area contributed by atoms with Crippen molar-refractivity contribution in [2.24, 2.45) is 0 Å². The van der Waals surface area contributed by atoms with Crippen molar-refractivity contribution in [2.75, 3.05) is 7.11 Å². The highest BCUT2D eigenvalue weighted by Gasteiger charge is 2.22. The molecule has 0 spiro atoms. The number of carboxylic acids is 1. The van der Waals surface area contributed by atoms with Crippen LogP contribution in [0.3, 0.4) is 0 Å². The lowest BCUT2D eigenvalue weighted by atomic mass is 9.94. The SMILES string of the molecule is C1CC1.COc1cc(F)cc(-c2ccc(C3CCc4ccc(CCC(=O)O)cc4O3)cc2)c1. The van der Waals surface area contributed by atoms with Crippen molar-refractivity contribution >= 4 is 5.97 Å². The largest absolute Gasteiger partial charge is 0.497 e. The van der Waals surface area contributed by atoms with E-state index in [9.17, 15) is 9.18 Å². The van der Waals surface area contributed by atoms with E-state index in [1.165, 1.54) is 38.5 Å². The first-order chi connectivity index (χ1) is 16.0. The molecule has 1 heterocycles. The molecule has 1 fully saturated rings. The number of methoxy groups -OCH3 is 1. The molecule has 0 amide bonds. The van der Waals surface area contributed by atoms with Crippen LogP contribution in [0.4, 0.5) is 4.39 Å². The van der Waals surface area contributed by atoms with E-state index in [1.807, 2.05) is 48.5 Å². The number of halogens is 1. The van der Waals surface area contributed by atoms with Crippen molar-refractivity contribution in [3.63, 3.8) is 0 Å². The molecular formula is C28H29FO4. The summed E-state index contributed by atoms with van der Waals surface area (Å²) >= 11 is 0. The average Bonchev–Trinajstić information content (AvgIpc) is 3.71. The third kappa shape index (κ3) is 6.35. The molecule has 1 atom stereocenters. The van der Waals surface area contributed by atoms with Gasteiger partial charge < -0.3 is 14.6 Å². The van der Waals surface area contributed by atoms with Crippen LogP contribution in [-0.2, 0) is 17.6 Å². The quantitative estimate of drug-likeness (QED) is 0.453. The topological polar surface area (TPSA) is 55.8 Å². The molecule has 1 aliphatic carbocycles. The van der Waals surface area contributed by atoms with Gasteiger partial charge in [-0.05, 0) is 65.3 Å². The van der Waals surface area contributed by atoms with Gasteiger partial charge in [0.25, 0.3) is 0 Å². The Bertz CT molecular complexity index is 1100. The zero-order valence-corrected chi connectivity index (χ0v) is 18.9. The number of aryl methyl sites for hydroxylation is 2. The summed E-state index contributed by atoms with van der Waals surface area (Å²) in [5.74, 6) is 0.176. The smallest absolute Gasteiger partial charge is 0.303 e. The van der Waals surface area contributed by atoms with Gasteiger partial charge in [-0.1, -0.05) is 55.7 Å². The standard InChI is InChI=1S/C25H23FO4.C3H6/c1-29-22-14-20(13-21(26)15-22)17-5-7-18(8-6-17)23-10-9-19-4-2-16(3-11-25(27)28)12-24(19)30-23;1-2-3-1/h2,4-8,12-15,23H,3,9-11H2,1H3,(H,27,28);1-3H2. The lowest BCUT2D eigenvalue weighted by Crippen LogP contribution is -2.15. The maximum absolute atomic E-state index is 13.8. The molecule has 4 nitrogen and oxygen atoms in total. The molecule has 0 radical (unpaired) electrons. The first-order valence-electron chi connectivity index (χ1n) is 11.5. The van der Waals surface area contributed by atoms with Gasteiger partial charge in [-0.15, -0.1) is 0 Å². The van der Waals surface area contributed by atoms with Gasteiger partial charge in [0.05, 0.1) is 7.11 Å². The van der Waals surface area contributed by atoms with Gasteiger partial charge >= 0.3 is 5.97 Å². The van der Waals surface area contributed by atoms with E-state index in [2.05, 4.69) is 0 Å². The van der Waals surface area contributed by atoms with Crippen LogP contribution < -0.4 is 9.47 Å². The van der Waals surface area contributed by atoms with Gasteiger partial charge in [0.1, 0.15) is 23.4 Å². The van der Waals surface area contributed by atoms with E-state index in [1.54, 1.807) is 0 Å². The van der Waals surface area contributed by atoms with Crippen LogP contribution in [0.5, 0.6) is 11.5 Å². The van der Waals surface area contributed by atoms with Crippen molar-refractivity contribution in [3.05, 3.63) is 83.2 Å². The van der Waals surface area contributed by atoms with Gasteiger partial charge in [0.2, 0.25) is 0 Å². The second-order valence-corrected chi connectivity index (χ2v) is 8.54. The Balaban J connectivity index is 0.000000799. The first-order valence-corrected chi connectivity index (χ1v) is 11.5. The third-order valence-corrected chi connectivity index (χ3v) is 5.78. The van der Waals surface area contributed by atoms with Crippen LogP contribution in [0, 0.1) is 5.82 Å². The fourth-order valence-electron chi connectivity index (χ4n) is 3.79. The Kier molecular flexibility index (Phi) is 7.28. The van der Waals surface area contributed by atoms with Crippen molar-refractivity contribution < 1.29 is 23.8 Å². The maximum atomic E-state index is 13.8. The lowest BCUT2D eigenvalue weighted by molar-refractivity contribution is -0.136. The summed E-state index contributed by atoms with van der Waals surface area (Å²) in [6.07, 6.45) is 6.80. The zero-order chi connectivity index (χ0) is 23.2. The summed E-state index contributed by atoms with van der Waals surface area (Å²) in [5, 5.41) is 8.89. The Morgan fingerprint density at radius 3 is 2.45 bits per heavy atom. The van der Waals surface area contributed by atoms with Crippen molar-refractivity contribution in [1.29, 1.82) is 0 Å². The number of aliphatic carboxylic acids is 1. The average molecular weight is 449 g/mol. The number of hydrogen-bond acceptors (Lipinski definition) is 3. The van der Waals surface area contributed by atoms with E-state index in [0.29, 0.717) is 12.2 Å². The highest BCUT2D eigenvalue weighted by molar-refractivity contribution is 5.67. The fraction of sp³-hybridized carbons (Fsp3) is 0.321. The van der Waals surface area contributed by atoms with Crippen LogP contribution in [0.2, 0.25) is 0 Å². The fourth-order valence-corrected chi connectivity index (χ4v) is 3.79. The second kappa shape index (κ2) is 10.5. The predicted molar refractivity (Wildman–Crippen MR) is 126 cm³/mol. The van der Waals surface area contributed by atoms with Crippen LogP contribution >= 0.6 is 0 Å². The number of carbonyl (C=O) groups is 1. The molecule has 0 aromatic heterocycles. The molecule has 3 aromatic carbocycles. The molecule has 1 saturated carbocycles. The Labute approximate surface area is 194 Å².